The molecule has 0 heterocycles. The smallest absolute Gasteiger partial charge is 0.0106 e. The van der Waals surface area contributed by atoms with E-state index in [1.807, 2.05) is 0 Å². The first-order chi connectivity index (χ1) is 16.0. The zero-order valence-corrected chi connectivity index (χ0v) is 20.7. The van der Waals surface area contributed by atoms with Gasteiger partial charge in [0.25, 0.3) is 0 Å². The summed E-state index contributed by atoms with van der Waals surface area (Å²) >= 11 is 0. The van der Waals surface area contributed by atoms with Crippen LogP contribution in [0, 0.1) is 11.8 Å². The van der Waals surface area contributed by atoms with E-state index in [4.69, 9.17) is 0 Å². The Labute approximate surface area is 201 Å². The van der Waals surface area contributed by atoms with Gasteiger partial charge in [-0.05, 0) is 77.3 Å². The van der Waals surface area contributed by atoms with Crippen molar-refractivity contribution < 1.29 is 0 Å². The van der Waals surface area contributed by atoms with E-state index in [9.17, 15) is 0 Å². The molecule has 0 N–H and O–H groups in total. The molecule has 0 heteroatoms. The van der Waals surface area contributed by atoms with Gasteiger partial charge in [-0.25, -0.2) is 0 Å². The molecule has 1 fully saturated rings. The number of rotatable bonds is 7. The average Bonchev–Trinajstić information content (AvgIpc) is 3.46. The molecule has 172 valence electrons. The van der Waals surface area contributed by atoms with Gasteiger partial charge < -0.3 is 0 Å². The van der Waals surface area contributed by atoms with Gasteiger partial charge in [0.05, 0.1) is 0 Å². The first-order valence-electron chi connectivity index (χ1n) is 13.2. The second kappa shape index (κ2) is 9.49. The van der Waals surface area contributed by atoms with Crippen molar-refractivity contribution in [2.75, 3.05) is 0 Å². The van der Waals surface area contributed by atoms with Crippen LogP contribution < -0.4 is 0 Å². The Morgan fingerprint density at radius 1 is 0.909 bits per heavy atom. The molecule has 0 aromatic heterocycles. The third-order valence-corrected chi connectivity index (χ3v) is 8.75. The largest absolute Gasteiger partial charge is 0.0986 e. The van der Waals surface area contributed by atoms with Crippen LogP contribution in [0.3, 0.4) is 0 Å². The molecule has 0 bridgehead atoms. The van der Waals surface area contributed by atoms with Gasteiger partial charge in [0.2, 0.25) is 0 Å². The summed E-state index contributed by atoms with van der Waals surface area (Å²) < 4.78 is 0. The highest BCUT2D eigenvalue weighted by Gasteiger charge is 2.30. The maximum atomic E-state index is 4.57. The second-order valence-corrected chi connectivity index (χ2v) is 11.3. The Hall–Kier alpha value is -2.34. The third-order valence-electron chi connectivity index (χ3n) is 8.75. The van der Waals surface area contributed by atoms with Crippen LogP contribution in [-0.2, 0) is 24.7 Å². The zero-order chi connectivity index (χ0) is 22.8. The van der Waals surface area contributed by atoms with Crippen molar-refractivity contribution >= 4 is 0 Å². The molecular formula is C33H40. The van der Waals surface area contributed by atoms with Crippen molar-refractivity contribution in [2.24, 2.45) is 11.8 Å². The molecule has 33 heavy (non-hydrogen) atoms. The van der Waals surface area contributed by atoms with Crippen molar-refractivity contribution in [1.29, 1.82) is 0 Å². The third kappa shape index (κ3) is 4.81. The van der Waals surface area contributed by atoms with Crippen LogP contribution in [0.25, 0.3) is 0 Å². The fraction of sp³-hybridized carbons (Fsp3) is 0.455. The van der Waals surface area contributed by atoms with Crippen LogP contribution in [0.5, 0.6) is 0 Å². The van der Waals surface area contributed by atoms with Crippen molar-refractivity contribution in [2.45, 2.75) is 83.5 Å². The van der Waals surface area contributed by atoms with E-state index >= 15 is 0 Å². The number of hydrogen-bond acceptors (Lipinski definition) is 0. The van der Waals surface area contributed by atoms with E-state index in [0.717, 1.165) is 18.8 Å². The van der Waals surface area contributed by atoms with E-state index in [-0.39, 0.29) is 5.41 Å². The van der Waals surface area contributed by atoms with Gasteiger partial charge in [-0.15, -0.1) is 0 Å². The van der Waals surface area contributed by atoms with Crippen LogP contribution in [0.2, 0.25) is 0 Å². The molecular weight excluding hydrogens is 396 g/mol. The molecule has 2 aromatic carbocycles. The zero-order valence-electron chi connectivity index (χ0n) is 20.7. The SMILES string of the molecule is C=C(CC1=CCC=C1C1Cc2ccc(CC3CCCCC3)cc2C1)C(C)(C)c1ccccc1. The molecule has 0 saturated heterocycles. The predicted octanol–water partition coefficient (Wildman–Crippen LogP) is 8.70. The Balaban J connectivity index is 1.25. The highest BCUT2D eigenvalue weighted by atomic mass is 14.3. The molecule has 1 saturated carbocycles. The van der Waals surface area contributed by atoms with Crippen LogP contribution in [0.1, 0.15) is 81.0 Å². The number of hydrogen-bond donors (Lipinski definition) is 0. The standard InChI is InChI=1S/C33H40/c1-24(33(2,3)31-14-8-5-9-15-31)19-28-13-10-16-32(28)30-22-27-18-17-26(21-29(27)23-30)20-25-11-6-4-7-12-25/h5,8-9,13-18,21,25,30H,1,4,6-7,10-12,19-20,22-23H2,2-3H3. The normalized spacial score (nSPS) is 21.0. The lowest BCUT2D eigenvalue weighted by atomic mass is 9.75. The fourth-order valence-electron chi connectivity index (χ4n) is 6.43. The van der Waals surface area contributed by atoms with Gasteiger partial charge in [0, 0.05) is 5.41 Å². The maximum absolute atomic E-state index is 4.57. The summed E-state index contributed by atoms with van der Waals surface area (Å²) in [7, 11) is 0. The van der Waals surface area contributed by atoms with Crippen molar-refractivity contribution in [3.63, 3.8) is 0 Å². The predicted molar refractivity (Wildman–Crippen MR) is 142 cm³/mol. The molecule has 1 unspecified atom stereocenters. The summed E-state index contributed by atoms with van der Waals surface area (Å²) in [4.78, 5) is 0. The van der Waals surface area contributed by atoms with E-state index in [2.05, 4.69) is 81.1 Å². The maximum Gasteiger partial charge on any atom is 0.0106 e. The second-order valence-electron chi connectivity index (χ2n) is 11.3. The minimum Gasteiger partial charge on any atom is -0.0986 e. The Morgan fingerprint density at radius 3 is 2.45 bits per heavy atom. The number of allylic oxidation sites excluding steroid dienone is 5. The van der Waals surface area contributed by atoms with E-state index in [0.29, 0.717) is 5.92 Å². The molecule has 0 radical (unpaired) electrons. The molecule has 2 aromatic rings. The molecule has 0 aliphatic heterocycles. The molecule has 3 aliphatic carbocycles. The fourth-order valence-corrected chi connectivity index (χ4v) is 6.43. The lowest BCUT2D eigenvalue weighted by Crippen LogP contribution is -2.20. The van der Waals surface area contributed by atoms with Crippen molar-refractivity contribution in [3.8, 4) is 0 Å². The summed E-state index contributed by atoms with van der Waals surface area (Å²) in [5.74, 6) is 1.56. The quantitative estimate of drug-likeness (QED) is 0.381. The Kier molecular flexibility index (Phi) is 6.46. The molecule has 1 atom stereocenters. The molecule has 0 amide bonds. The van der Waals surface area contributed by atoms with Crippen LogP contribution in [0.15, 0.2) is 84.0 Å². The van der Waals surface area contributed by atoms with Crippen LogP contribution in [0.4, 0.5) is 0 Å². The molecule has 3 aliphatic rings. The molecule has 0 spiro atoms. The highest BCUT2D eigenvalue weighted by Crippen LogP contribution is 2.42. The minimum absolute atomic E-state index is 0.0114. The van der Waals surface area contributed by atoms with Crippen molar-refractivity contribution in [3.05, 3.63) is 106 Å². The first kappa shape index (κ1) is 22.5. The van der Waals surface area contributed by atoms with Crippen LogP contribution in [-0.4, -0.2) is 0 Å². The van der Waals surface area contributed by atoms with E-state index < -0.39 is 0 Å². The number of benzene rings is 2. The highest BCUT2D eigenvalue weighted by molar-refractivity contribution is 5.48. The lowest BCUT2D eigenvalue weighted by Gasteiger charge is -2.29. The van der Waals surface area contributed by atoms with Gasteiger partial charge in [-0.1, -0.05) is 119 Å². The van der Waals surface area contributed by atoms with Gasteiger partial charge in [0.1, 0.15) is 0 Å². The molecule has 5 rings (SSSR count). The monoisotopic (exact) mass is 436 g/mol. The summed E-state index contributed by atoms with van der Waals surface area (Å²) in [6.07, 6.45) is 17.9. The Bertz CT molecular complexity index is 1060. The van der Waals surface area contributed by atoms with Gasteiger partial charge in [-0.2, -0.15) is 0 Å². The molecule has 0 nitrogen and oxygen atoms in total. The summed E-state index contributed by atoms with van der Waals surface area (Å²) in [5, 5.41) is 0. The Morgan fingerprint density at radius 2 is 1.67 bits per heavy atom. The lowest BCUT2D eigenvalue weighted by molar-refractivity contribution is 0.356. The van der Waals surface area contributed by atoms with Gasteiger partial charge in [-0.3, -0.25) is 0 Å². The summed E-state index contributed by atoms with van der Waals surface area (Å²) in [6.45, 7) is 9.21. The van der Waals surface area contributed by atoms with E-state index in [1.165, 1.54) is 68.1 Å². The van der Waals surface area contributed by atoms with E-state index in [1.54, 1.807) is 22.3 Å². The summed E-state index contributed by atoms with van der Waals surface area (Å²) in [6, 6.07) is 18.3. The number of fused-ring (bicyclic) bond motifs is 1. The van der Waals surface area contributed by atoms with Gasteiger partial charge >= 0.3 is 0 Å². The van der Waals surface area contributed by atoms with Crippen LogP contribution >= 0.6 is 0 Å². The average molecular weight is 437 g/mol. The van der Waals surface area contributed by atoms with Gasteiger partial charge in [0.15, 0.2) is 0 Å². The van der Waals surface area contributed by atoms with Crippen molar-refractivity contribution in [1.82, 2.24) is 0 Å². The minimum atomic E-state index is -0.0114. The topological polar surface area (TPSA) is 0 Å². The summed E-state index contributed by atoms with van der Waals surface area (Å²) in [5.41, 5.74) is 10.6. The first-order valence-corrected chi connectivity index (χ1v) is 13.2.